The number of carbonyl (C=O) groups excluding carboxylic acids is 1. The maximum Gasteiger partial charge on any atom is 0.217 e. The summed E-state index contributed by atoms with van der Waals surface area (Å²) in [5, 5.41) is 6.65. The average Bonchev–Trinajstić information content (AvgIpc) is 1.83. The second-order valence-electron chi connectivity index (χ2n) is 1.84. The molecule has 0 aliphatic heterocycles. The van der Waals surface area contributed by atoms with E-state index >= 15 is 0 Å². The molecule has 52 valence electrons. The van der Waals surface area contributed by atoms with Crippen LogP contribution >= 0.6 is 0 Å². The lowest BCUT2D eigenvalue weighted by atomic mass is 10.2. The summed E-state index contributed by atoms with van der Waals surface area (Å²) >= 11 is 0. The van der Waals surface area contributed by atoms with E-state index in [9.17, 15) is 4.79 Å². The first-order valence-corrected chi connectivity index (χ1v) is 2.71. The highest BCUT2D eigenvalue weighted by molar-refractivity contribution is 5.74. The van der Waals surface area contributed by atoms with Gasteiger partial charge in [-0.2, -0.15) is 0 Å². The molecule has 0 aromatic heterocycles. The summed E-state index contributed by atoms with van der Waals surface area (Å²) in [5.41, 5.74) is 10.1. The third-order valence-electron chi connectivity index (χ3n) is 0.938. The number of carbonyl (C=O) groups is 1. The molecule has 0 aliphatic rings. The van der Waals surface area contributed by atoms with E-state index in [0.29, 0.717) is 6.42 Å². The Morgan fingerprint density at radius 2 is 2.33 bits per heavy atom. The molecular weight excluding hydrogens is 118 g/mol. The minimum atomic E-state index is -0.368. The standard InChI is InChI=1S/C5H11N3O/c6-3-4(7)1-2-5(8)9/h3-4,6H,1-2,7H2,(H2,8,9)/t4-/m0/s1. The Morgan fingerprint density at radius 3 is 2.67 bits per heavy atom. The Hall–Kier alpha value is -0.900. The Labute approximate surface area is 53.7 Å². The van der Waals surface area contributed by atoms with Crippen LogP contribution < -0.4 is 11.5 Å². The molecule has 0 saturated heterocycles. The Bertz CT molecular complexity index is 113. The number of nitrogens with two attached hydrogens (primary N) is 2. The van der Waals surface area contributed by atoms with Gasteiger partial charge in [0.2, 0.25) is 5.91 Å². The first-order valence-electron chi connectivity index (χ1n) is 2.71. The molecule has 0 bridgehead atoms. The van der Waals surface area contributed by atoms with E-state index in [2.05, 4.69) is 0 Å². The van der Waals surface area contributed by atoms with Gasteiger partial charge in [-0.25, -0.2) is 0 Å². The zero-order valence-corrected chi connectivity index (χ0v) is 5.13. The van der Waals surface area contributed by atoms with Crippen molar-refractivity contribution in [2.24, 2.45) is 11.5 Å². The molecule has 0 fully saturated rings. The molecular formula is C5H11N3O. The lowest BCUT2D eigenvalue weighted by molar-refractivity contribution is -0.118. The molecule has 4 heteroatoms. The molecule has 1 atom stereocenters. The summed E-state index contributed by atoms with van der Waals surface area (Å²) in [6.07, 6.45) is 1.83. The van der Waals surface area contributed by atoms with Crippen molar-refractivity contribution in [3.8, 4) is 0 Å². The normalized spacial score (nSPS) is 12.6. The van der Waals surface area contributed by atoms with Gasteiger partial charge in [-0.05, 0) is 6.42 Å². The molecule has 0 unspecified atom stereocenters. The van der Waals surface area contributed by atoms with Gasteiger partial charge in [-0.3, -0.25) is 4.79 Å². The minimum absolute atomic E-state index is 0.260. The van der Waals surface area contributed by atoms with E-state index in [1.165, 1.54) is 0 Å². The fourth-order valence-corrected chi connectivity index (χ4v) is 0.392. The molecule has 1 amide bonds. The van der Waals surface area contributed by atoms with Crippen molar-refractivity contribution < 1.29 is 4.79 Å². The molecule has 0 aromatic carbocycles. The summed E-state index contributed by atoms with van der Waals surface area (Å²) in [4.78, 5) is 10.1. The van der Waals surface area contributed by atoms with Gasteiger partial charge in [-0.15, -0.1) is 0 Å². The fraction of sp³-hybridized carbons (Fsp3) is 0.600. The van der Waals surface area contributed by atoms with Crippen molar-refractivity contribution in [1.29, 1.82) is 5.41 Å². The van der Waals surface area contributed by atoms with Crippen LogP contribution in [0.1, 0.15) is 12.8 Å². The Morgan fingerprint density at radius 1 is 1.78 bits per heavy atom. The maximum atomic E-state index is 10.1. The van der Waals surface area contributed by atoms with Crippen LogP contribution in [0.15, 0.2) is 0 Å². The molecule has 0 spiro atoms. The second-order valence-corrected chi connectivity index (χ2v) is 1.84. The largest absolute Gasteiger partial charge is 0.370 e. The topological polar surface area (TPSA) is 93.0 Å². The quantitative estimate of drug-likeness (QED) is 0.435. The maximum absolute atomic E-state index is 10.1. The van der Waals surface area contributed by atoms with E-state index < -0.39 is 0 Å². The van der Waals surface area contributed by atoms with Crippen LogP contribution in [0.5, 0.6) is 0 Å². The highest BCUT2D eigenvalue weighted by Crippen LogP contribution is 1.88. The average molecular weight is 129 g/mol. The number of hydrogen-bond acceptors (Lipinski definition) is 3. The van der Waals surface area contributed by atoms with Crippen molar-refractivity contribution >= 4 is 12.1 Å². The first-order chi connectivity index (χ1) is 4.16. The molecule has 4 nitrogen and oxygen atoms in total. The molecule has 0 heterocycles. The summed E-state index contributed by atoms with van der Waals surface area (Å²) in [6, 6.07) is -0.322. The Kier molecular flexibility index (Phi) is 3.62. The van der Waals surface area contributed by atoms with Crippen LogP contribution in [0.2, 0.25) is 0 Å². The van der Waals surface area contributed by atoms with Gasteiger partial charge in [0.25, 0.3) is 0 Å². The van der Waals surface area contributed by atoms with Crippen LogP contribution in [0.4, 0.5) is 0 Å². The van der Waals surface area contributed by atoms with Gasteiger partial charge < -0.3 is 16.9 Å². The zero-order chi connectivity index (χ0) is 7.28. The summed E-state index contributed by atoms with van der Waals surface area (Å²) in [7, 11) is 0. The van der Waals surface area contributed by atoms with E-state index in [1.54, 1.807) is 0 Å². The van der Waals surface area contributed by atoms with Crippen molar-refractivity contribution in [2.45, 2.75) is 18.9 Å². The summed E-state index contributed by atoms with van der Waals surface area (Å²) < 4.78 is 0. The van der Waals surface area contributed by atoms with Gasteiger partial charge in [0.05, 0.1) is 0 Å². The van der Waals surface area contributed by atoms with Gasteiger partial charge in [-0.1, -0.05) is 0 Å². The molecule has 0 radical (unpaired) electrons. The number of rotatable bonds is 4. The van der Waals surface area contributed by atoms with Crippen LogP contribution in [0.3, 0.4) is 0 Å². The smallest absolute Gasteiger partial charge is 0.217 e. The van der Waals surface area contributed by atoms with Gasteiger partial charge >= 0.3 is 0 Å². The van der Waals surface area contributed by atoms with Crippen LogP contribution in [0, 0.1) is 5.41 Å². The SMILES string of the molecule is N=C[C@@H](N)CCC(N)=O. The van der Waals surface area contributed by atoms with E-state index in [4.69, 9.17) is 16.9 Å². The number of primary amides is 1. The highest BCUT2D eigenvalue weighted by atomic mass is 16.1. The predicted octanol–water partition coefficient (Wildman–Crippen LogP) is -0.771. The van der Waals surface area contributed by atoms with Crippen LogP contribution in [-0.4, -0.2) is 18.2 Å². The van der Waals surface area contributed by atoms with Crippen molar-refractivity contribution in [3.63, 3.8) is 0 Å². The highest BCUT2D eigenvalue weighted by Gasteiger charge is 1.99. The fourth-order valence-electron chi connectivity index (χ4n) is 0.392. The first kappa shape index (κ1) is 8.10. The molecule has 0 rings (SSSR count). The molecule has 0 aromatic rings. The molecule has 0 saturated carbocycles. The number of nitrogens with one attached hydrogen (secondary N) is 1. The van der Waals surface area contributed by atoms with Crippen LogP contribution in [0.25, 0.3) is 0 Å². The zero-order valence-electron chi connectivity index (χ0n) is 5.13. The van der Waals surface area contributed by atoms with Gasteiger partial charge in [0, 0.05) is 18.7 Å². The molecule has 5 N–H and O–H groups in total. The third kappa shape index (κ3) is 4.96. The van der Waals surface area contributed by atoms with Gasteiger partial charge in [0.1, 0.15) is 0 Å². The minimum Gasteiger partial charge on any atom is -0.370 e. The van der Waals surface area contributed by atoms with Crippen LogP contribution in [-0.2, 0) is 4.79 Å². The van der Waals surface area contributed by atoms with Gasteiger partial charge in [0.15, 0.2) is 0 Å². The summed E-state index contributed by atoms with van der Waals surface area (Å²) in [6.45, 7) is 0. The van der Waals surface area contributed by atoms with E-state index in [-0.39, 0.29) is 18.4 Å². The lowest BCUT2D eigenvalue weighted by Crippen LogP contribution is -2.23. The Balaban J connectivity index is 3.26. The van der Waals surface area contributed by atoms with E-state index in [0.717, 1.165) is 6.21 Å². The second kappa shape index (κ2) is 4.03. The molecule has 0 aliphatic carbocycles. The van der Waals surface area contributed by atoms with Crippen molar-refractivity contribution in [1.82, 2.24) is 0 Å². The number of amides is 1. The summed E-state index contributed by atoms with van der Waals surface area (Å²) in [5.74, 6) is -0.368. The molecule has 9 heavy (non-hydrogen) atoms. The predicted molar refractivity (Wildman–Crippen MR) is 35.2 cm³/mol. The van der Waals surface area contributed by atoms with Crippen molar-refractivity contribution in [3.05, 3.63) is 0 Å². The van der Waals surface area contributed by atoms with Crippen molar-refractivity contribution in [2.75, 3.05) is 0 Å². The lowest BCUT2D eigenvalue weighted by Gasteiger charge is -1.99. The number of hydrogen-bond donors (Lipinski definition) is 3. The third-order valence-corrected chi connectivity index (χ3v) is 0.938. The monoisotopic (exact) mass is 129 g/mol. The van der Waals surface area contributed by atoms with E-state index in [1.807, 2.05) is 0 Å².